The first-order valence-electron chi connectivity index (χ1n) is 8.62. The molecule has 0 aliphatic carbocycles. The second-order valence-corrected chi connectivity index (χ2v) is 8.19. The Bertz CT molecular complexity index is 972. The van der Waals surface area contributed by atoms with E-state index in [0.717, 1.165) is 16.9 Å². The average Bonchev–Trinajstić information content (AvgIpc) is 3.37. The molecule has 3 aromatic rings. The van der Waals surface area contributed by atoms with Crippen LogP contribution in [0.2, 0.25) is 0 Å². The number of alkyl halides is 2. The number of ether oxygens (including phenoxy) is 2. The molecule has 4 nitrogen and oxygen atoms in total. The van der Waals surface area contributed by atoms with Gasteiger partial charge in [0.1, 0.15) is 0 Å². The van der Waals surface area contributed by atoms with Crippen LogP contribution in [0.5, 0.6) is 11.5 Å². The van der Waals surface area contributed by atoms with Gasteiger partial charge in [0.15, 0.2) is 11.5 Å². The zero-order chi connectivity index (χ0) is 19.7. The second-order valence-electron chi connectivity index (χ2n) is 6.21. The molecule has 146 valence electrons. The average molecular weight is 421 g/mol. The molecule has 0 spiro atoms. The summed E-state index contributed by atoms with van der Waals surface area (Å²) in [6, 6.07) is 10.2. The summed E-state index contributed by atoms with van der Waals surface area (Å²) in [5, 5.41) is 4.03. The number of carbonyl (C=O) groups excluding carboxylic acids is 1. The Balaban J connectivity index is 1.71. The van der Waals surface area contributed by atoms with Crippen molar-refractivity contribution >= 4 is 28.6 Å². The van der Waals surface area contributed by atoms with Crippen molar-refractivity contribution in [1.29, 1.82) is 0 Å². The van der Waals surface area contributed by atoms with Gasteiger partial charge in [-0.25, -0.2) is 0 Å². The van der Waals surface area contributed by atoms with E-state index in [-0.39, 0.29) is 29.0 Å². The fraction of sp³-hybridized carbons (Fsp3) is 0.250. The molecule has 0 saturated heterocycles. The number of carbonyl (C=O) groups is 1. The van der Waals surface area contributed by atoms with Gasteiger partial charge in [-0.3, -0.25) is 4.79 Å². The molecule has 0 N–H and O–H groups in total. The number of fused-ring (bicyclic) bond motifs is 1. The molecule has 3 heterocycles. The monoisotopic (exact) mass is 421 g/mol. The molecule has 8 heteroatoms. The first-order valence-corrected chi connectivity index (χ1v) is 10.4. The van der Waals surface area contributed by atoms with E-state index < -0.39 is 6.61 Å². The van der Waals surface area contributed by atoms with Crippen LogP contribution >= 0.6 is 22.7 Å². The third kappa shape index (κ3) is 3.49. The van der Waals surface area contributed by atoms with Gasteiger partial charge >= 0.3 is 6.61 Å². The van der Waals surface area contributed by atoms with Crippen molar-refractivity contribution in [3.63, 3.8) is 0 Å². The van der Waals surface area contributed by atoms with Gasteiger partial charge < -0.3 is 14.4 Å². The van der Waals surface area contributed by atoms with Gasteiger partial charge in [0.2, 0.25) is 0 Å². The number of thiophene rings is 2. The molecule has 1 atom stereocenters. The zero-order valence-corrected chi connectivity index (χ0v) is 16.6. The predicted molar refractivity (Wildman–Crippen MR) is 105 cm³/mol. The van der Waals surface area contributed by atoms with Gasteiger partial charge in [0, 0.05) is 21.9 Å². The molecule has 4 rings (SSSR count). The number of nitrogens with zero attached hydrogens (tertiary/aromatic N) is 1. The first-order chi connectivity index (χ1) is 13.6. The molecule has 0 radical (unpaired) electrons. The Morgan fingerprint density at radius 3 is 2.75 bits per heavy atom. The lowest BCUT2D eigenvalue weighted by atomic mass is 9.97. The summed E-state index contributed by atoms with van der Waals surface area (Å²) < 4.78 is 35.1. The van der Waals surface area contributed by atoms with Crippen LogP contribution < -0.4 is 9.47 Å². The van der Waals surface area contributed by atoms with Gasteiger partial charge in [-0.1, -0.05) is 6.07 Å². The normalized spacial score (nSPS) is 16.1. The van der Waals surface area contributed by atoms with Crippen molar-refractivity contribution in [2.45, 2.75) is 19.1 Å². The van der Waals surface area contributed by atoms with Crippen LogP contribution in [0.4, 0.5) is 8.78 Å². The van der Waals surface area contributed by atoms with E-state index in [9.17, 15) is 13.6 Å². The van der Waals surface area contributed by atoms with Crippen LogP contribution in [-0.2, 0) is 6.42 Å². The second kappa shape index (κ2) is 7.89. The van der Waals surface area contributed by atoms with E-state index in [1.807, 2.05) is 22.9 Å². The number of amides is 1. The summed E-state index contributed by atoms with van der Waals surface area (Å²) in [6.07, 6.45) is 0.775. The highest BCUT2D eigenvalue weighted by atomic mass is 32.1. The number of halogens is 2. The van der Waals surface area contributed by atoms with Crippen LogP contribution in [0.3, 0.4) is 0 Å². The van der Waals surface area contributed by atoms with Crippen molar-refractivity contribution in [2.75, 3.05) is 13.7 Å². The molecule has 28 heavy (non-hydrogen) atoms. The van der Waals surface area contributed by atoms with E-state index >= 15 is 0 Å². The Morgan fingerprint density at radius 1 is 1.18 bits per heavy atom. The molecule has 0 fully saturated rings. The summed E-state index contributed by atoms with van der Waals surface area (Å²) in [7, 11) is 1.37. The maximum absolute atomic E-state index is 13.3. The summed E-state index contributed by atoms with van der Waals surface area (Å²) >= 11 is 3.29. The predicted octanol–water partition coefficient (Wildman–Crippen LogP) is 5.21. The van der Waals surface area contributed by atoms with Crippen molar-refractivity contribution in [2.24, 2.45) is 0 Å². The van der Waals surface area contributed by atoms with Gasteiger partial charge in [-0.05, 0) is 53.1 Å². The van der Waals surface area contributed by atoms with Crippen LogP contribution in [0, 0.1) is 0 Å². The largest absolute Gasteiger partial charge is 0.493 e. The SMILES string of the molecule is COc1ccc(C(=O)N2CCc3sccc3[C@@H]2c2cccs2)cc1OC(F)F. The Kier molecular flexibility index (Phi) is 5.32. The molecule has 0 unspecified atom stereocenters. The van der Waals surface area contributed by atoms with Crippen LogP contribution in [0.1, 0.15) is 31.7 Å². The highest BCUT2D eigenvalue weighted by Gasteiger charge is 2.34. The van der Waals surface area contributed by atoms with Crippen LogP contribution in [0.25, 0.3) is 0 Å². The highest BCUT2D eigenvalue weighted by Crippen LogP contribution is 2.40. The van der Waals surface area contributed by atoms with Crippen LogP contribution in [-0.4, -0.2) is 31.1 Å². The lowest BCUT2D eigenvalue weighted by molar-refractivity contribution is -0.0512. The number of methoxy groups -OCH3 is 1. The fourth-order valence-electron chi connectivity index (χ4n) is 3.45. The number of rotatable bonds is 5. The minimum Gasteiger partial charge on any atom is -0.493 e. The highest BCUT2D eigenvalue weighted by molar-refractivity contribution is 7.10. The van der Waals surface area contributed by atoms with Gasteiger partial charge in [0.25, 0.3) is 5.91 Å². The number of benzene rings is 1. The van der Waals surface area contributed by atoms with Crippen molar-refractivity contribution in [3.8, 4) is 11.5 Å². The summed E-state index contributed by atoms with van der Waals surface area (Å²) in [4.78, 5) is 17.5. The zero-order valence-electron chi connectivity index (χ0n) is 14.9. The lowest BCUT2D eigenvalue weighted by Gasteiger charge is -2.35. The van der Waals surface area contributed by atoms with Gasteiger partial charge in [-0.15, -0.1) is 22.7 Å². The Hall–Kier alpha value is -2.45. The topological polar surface area (TPSA) is 38.8 Å². The third-order valence-electron chi connectivity index (χ3n) is 4.67. The van der Waals surface area contributed by atoms with Crippen molar-refractivity contribution in [3.05, 3.63) is 68.0 Å². The van der Waals surface area contributed by atoms with E-state index in [1.54, 1.807) is 33.6 Å². The standard InChI is InChI=1S/C20H17F2NO3S2/c1-25-14-5-4-12(11-15(14)26-20(21)22)19(24)23-8-6-16-13(7-10-28-16)18(23)17-3-2-9-27-17/h2-5,7,9-11,18,20H,6,8H2,1H3/t18-/m1/s1. The molecular formula is C20H17F2NO3S2. The van der Waals surface area contributed by atoms with Crippen molar-refractivity contribution < 1.29 is 23.0 Å². The lowest BCUT2D eigenvalue weighted by Crippen LogP contribution is -2.39. The molecule has 1 amide bonds. The fourth-order valence-corrected chi connectivity index (χ4v) is 5.21. The molecular weight excluding hydrogens is 404 g/mol. The molecule has 0 saturated carbocycles. The van der Waals surface area contributed by atoms with E-state index in [2.05, 4.69) is 10.8 Å². The van der Waals surface area contributed by atoms with E-state index in [0.29, 0.717) is 6.54 Å². The summed E-state index contributed by atoms with van der Waals surface area (Å²) in [5.74, 6) is -0.216. The van der Waals surface area contributed by atoms with Crippen LogP contribution in [0.15, 0.2) is 47.2 Å². The quantitative estimate of drug-likeness (QED) is 0.568. The summed E-state index contributed by atoms with van der Waals surface area (Å²) in [6.45, 7) is -2.44. The Morgan fingerprint density at radius 2 is 2.04 bits per heavy atom. The number of hydrogen-bond donors (Lipinski definition) is 0. The van der Waals surface area contributed by atoms with E-state index in [1.165, 1.54) is 24.1 Å². The molecule has 1 aromatic carbocycles. The third-order valence-corrected chi connectivity index (χ3v) is 6.59. The first kappa shape index (κ1) is 18.9. The maximum Gasteiger partial charge on any atom is 0.387 e. The molecule has 0 bridgehead atoms. The molecule has 1 aliphatic rings. The Labute approximate surface area is 168 Å². The number of hydrogen-bond acceptors (Lipinski definition) is 5. The smallest absolute Gasteiger partial charge is 0.387 e. The van der Waals surface area contributed by atoms with Gasteiger partial charge in [-0.2, -0.15) is 8.78 Å². The minimum atomic E-state index is -3.00. The molecule has 1 aliphatic heterocycles. The minimum absolute atomic E-state index is 0.149. The summed E-state index contributed by atoms with van der Waals surface area (Å²) in [5.41, 5.74) is 1.42. The van der Waals surface area contributed by atoms with Gasteiger partial charge in [0.05, 0.1) is 13.2 Å². The van der Waals surface area contributed by atoms with E-state index in [4.69, 9.17) is 4.74 Å². The molecule has 2 aromatic heterocycles. The van der Waals surface area contributed by atoms with Crippen molar-refractivity contribution in [1.82, 2.24) is 4.90 Å². The maximum atomic E-state index is 13.3.